The summed E-state index contributed by atoms with van der Waals surface area (Å²) in [6.45, 7) is 0.0795. The monoisotopic (exact) mass is 275 g/mol. The first-order valence-corrected chi connectivity index (χ1v) is 6.50. The van der Waals surface area contributed by atoms with Gasteiger partial charge >= 0.3 is 0 Å². The SMILES string of the molecule is Nc1cccc(F)c1Cn1cnc2sccc2c1=O. The number of thiophene rings is 1. The molecule has 0 amide bonds. The lowest BCUT2D eigenvalue weighted by Gasteiger charge is -2.09. The Hall–Kier alpha value is -2.21. The molecule has 0 fully saturated rings. The number of benzene rings is 1. The van der Waals surface area contributed by atoms with Gasteiger partial charge < -0.3 is 5.73 Å². The lowest BCUT2D eigenvalue weighted by atomic mass is 10.1. The van der Waals surface area contributed by atoms with E-state index in [9.17, 15) is 9.18 Å². The average Bonchev–Trinajstić information content (AvgIpc) is 2.85. The van der Waals surface area contributed by atoms with Crippen molar-refractivity contribution in [1.82, 2.24) is 9.55 Å². The summed E-state index contributed by atoms with van der Waals surface area (Å²) in [6.07, 6.45) is 1.42. The molecule has 3 rings (SSSR count). The fraction of sp³-hybridized carbons (Fsp3) is 0.0769. The molecule has 0 aliphatic heterocycles. The van der Waals surface area contributed by atoms with Crippen LogP contribution in [0, 0.1) is 5.82 Å². The Bertz CT molecular complexity index is 789. The topological polar surface area (TPSA) is 60.9 Å². The summed E-state index contributed by atoms with van der Waals surface area (Å²) in [6, 6.07) is 6.20. The Labute approximate surface area is 111 Å². The number of rotatable bonds is 2. The van der Waals surface area contributed by atoms with Gasteiger partial charge in [-0.1, -0.05) is 6.07 Å². The van der Waals surface area contributed by atoms with E-state index >= 15 is 0 Å². The van der Waals surface area contributed by atoms with Crippen LogP contribution in [0.25, 0.3) is 10.2 Å². The van der Waals surface area contributed by atoms with Gasteiger partial charge in [-0.05, 0) is 23.6 Å². The minimum absolute atomic E-state index is 0.0795. The maximum absolute atomic E-state index is 13.7. The minimum Gasteiger partial charge on any atom is -0.398 e. The van der Waals surface area contributed by atoms with Crippen LogP contribution in [0.15, 0.2) is 40.8 Å². The van der Waals surface area contributed by atoms with Crippen molar-refractivity contribution in [2.45, 2.75) is 6.54 Å². The van der Waals surface area contributed by atoms with Crippen molar-refractivity contribution in [2.24, 2.45) is 0 Å². The van der Waals surface area contributed by atoms with E-state index in [-0.39, 0.29) is 12.1 Å². The normalized spacial score (nSPS) is 11.0. The molecule has 96 valence electrons. The van der Waals surface area contributed by atoms with E-state index < -0.39 is 5.82 Å². The second-order valence-electron chi connectivity index (χ2n) is 4.12. The molecule has 0 bridgehead atoms. The summed E-state index contributed by atoms with van der Waals surface area (Å²) in [5.41, 5.74) is 6.19. The highest BCUT2D eigenvalue weighted by atomic mass is 32.1. The molecular weight excluding hydrogens is 265 g/mol. The second-order valence-corrected chi connectivity index (χ2v) is 5.02. The molecule has 0 saturated heterocycles. The maximum atomic E-state index is 13.7. The first kappa shape index (κ1) is 11.9. The Morgan fingerprint density at radius 2 is 2.21 bits per heavy atom. The van der Waals surface area contributed by atoms with Crippen molar-refractivity contribution in [3.63, 3.8) is 0 Å². The number of halogens is 1. The Morgan fingerprint density at radius 3 is 3.00 bits per heavy atom. The van der Waals surface area contributed by atoms with Crippen LogP contribution < -0.4 is 11.3 Å². The molecule has 0 saturated carbocycles. The average molecular weight is 275 g/mol. The minimum atomic E-state index is -0.419. The largest absolute Gasteiger partial charge is 0.398 e. The molecule has 2 aromatic heterocycles. The molecule has 0 spiro atoms. The van der Waals surface area contributed by atoms with Crippen LogP contribution >= 0.6 is 11.3 Å². The summed E-state index contributed by atoms with van der Waals surface area (Å²) in [7, 11) is 0. The predicted octanol–water partition coefficient (Wildman–Crippen LogP) is 2.23. The zero-order valence-electron chi connectivity index (χ0n) is 9.84. The Balaban J connectivity index is 2.11. The molecule has 6 heteroatoms. The van der Waals surface area contributed by atoms with Crippen molar-refractivity contribution >= 4 is 27.2 Å². The van der Waals surface area contributed by atoms with Crippen molar-refractivity contribution in [2.75, 3.05) is 5.73 Å². The molecule has 0 aliphatic carbocycles. The third-order valence-electron chi connectivity index (χ3n) is 2.93. The fourth-order valence-electron chi connectivity index (χ4n) is 1.92. The second kappa shape index (κ2) is 4.47. The third kappa shape index (κ3) is 2.00. The first-order valence-electron chi connectivity index (χ1n) is 5.62. The van der Waals surface area contributed by atoms with E-state index in [1.807, 2.05) is 0 Å². The lowest BCUT2D eigenvalue weighted by Crippen LogP contribution is -2.21. The van der Waals surface area contributed by atoms with Crippen LogP contribution in [-0.2, 0) is 6.54 Å². The van der Waals surface area contributed by atoms with Crippen LogP contribution in [0.2, 0.25) is 0 Å². The van der Waals surface area contributed by atoms with E-state index in [1.165, 1.54) is 34.4 Å². The molecule has 0 radical (unpaired) electrons. The van der Waals surface area contributed by atoms with Gasteiger partial charge in [0, 0.05) is 11.3 Å². The number of hydrogen-bond donors (Lipinski definition) is 1. The summed E-state index contributed by atoms with van der Waals surface area (Å²) >= 11 is 1.40. The van der Waals surface area contributed by atoms with Crippen molar-refractivity contribution in [3.8, 4) is 0 Å². The van der Waals surface area contributed by atoms with Crippen LogP contribution in [0.5, 0.6) is 0 Å². The van der Waals surface area contributed by atoms with Crippen LogP contribution in [0.3, 0.4) is 0 Å². The summed E-state index contributed by atoms with van der Waals surface area (Å²) in [4.78, 5) is 17.0. The number of hydrogen-bond acceptors (Lipinski definition) is 4. The standard InChI is InChI=1S/C13H10FN3OS/c14-10-2-1-3-11(15)9(10)6-17-7-16-12-8(13(17)18)4-5-19-12/h1-5,7H,6,15H2. The quantitative estimate of drug-likeness (QED) is 0.729. The zero-order valence-corrected chi connectivity index (χ0v) is 10.7. The van der Waals surface area contributed by atoms with Crippen molar-refractivity contribution in [3.05, 3.63) is 57.7 Å². The van der Waals surface area contributed by atoms with E-state index in [0.717, 1.165) is 0 Å². The molecule has 0 aliphatic rings. The molecule has 3 aromatic rings. The van der Waals surface area contributed by atoms with Crippen molar-refractivity contribution in [1.29, 1.82) is 0 Å². The zero-order chi connectivity index (χ0) is 13.4. The number of nitrogens with zero attached hydrogens (tertiary/aromatic N) is 2. The lowest BCUT2D eigenvalue weighted by molar-refractivity contribution is 0.597. The van der Waals surface area contributed by atoms with Gasteiger partial charge in [0.2, 0.25) is 0 Å². The van der Waals surface area contributed by atoms with E-state index in [2.05, 4.69) is 4.98 Å². The predicted molar refractivity (Wildman–Crippen MR) is 73.8 cm³/mol. The van der Waals surface area contributed by atoms with Crippen molar-refractivity contribution < 1.29 is 4.39 Å². The number of fused-ring (bicyclic) bond motifs is 1. The number of anilines is 1. The highest BCUT2D eigenvalue weighted by Gasteiger charge is 2.10. The van der Waals surface area contributed by atoms with Crippen LogP contribution in [-0.4, -0.2) is 9.55 Å². The van der Waals surface area contributed by atoms with Gasteiger partial charge in [0.05, 0.1) is 18.3 Å². The summed E-state index contributed by atoms with van der Waals surface area (Å²) < 4.78 is 15.1. The fourth-order valence-corrected chi connectivity index (χ4v) is 2.64. The first-order chi connectivity index (χ1) is 9.16. The van der Waals surface area contributed by atoms with Gasteiger partial charge in [0.1, 0.15) is 10.6 Å². The van der Waals surface area contributed by atoms with Gasteiger partial charge in [0.25, 0.3) is 5.56 Å². The summed E-state index contributed by atoms with van der Waals surface area (Å²) in [5.74, 6) is -0.419. The Kier molecular flexibility index (Phi) is 2.79. The molecule has 2 heterocycles. The maximum Gasteiger partial charge on any atom is 0.262 e. The summed E-state index contributed by atoms with van der Waals surface area (Å²) in [5, 5.41) is 2.35. The molecule has 1 aromatic carbocycles. The third-order valence-corrected chi connectivity index (χ3v) is 3.75. The molecular formula is C13H10FN3OS. The van der Waals surface area contributed by atoms with Gasteiger partial charge in [-0.25, -0.2) is 9.37 Å². The molecule has 2 N–H and O–H groups in total. The smallest absolute Gasteiger partial charge is 0.262 e. The van der Waals surface area contributed by atoms with E-state index in [4.69, 9.17) is 5.73 Å². The highest BCUT2D eigenvalue weighted by Crippen LogP contribution is 2.17. The van der Waals surface area contributed by atoms with E-state index in [1.54, 1.807) is 17.5 Å². The number of aromatic nitrogens is 2. The molecule has 0 unspecified atom stereocenters. The highest BCUT2D eigenvalue weighted by molar-refractivity contribution is 7.16. The molecule has 0 atom stereocenters. The molecule has 19 heavy (non-hydrogen) atoms. The van der Waals surface area contributed by atoms with E-state index in [0.29, 0.717) is 21.5 Å². The van der Waals surface area contributed by atoms with Gasteiger partial charge in [-0.15, -0.1) is 11.3 Å². The Morgan fingerprint density at radius 1 is 1.37 bits per heavy atom. The van der Waals surface area contributed by atoms with Crippen LogP contribution in [0.4, 0.5) is 10.1 Å². The van der Waals surface area contributed by atoms with Crippen LogP contribution in [0.1, 0.15) is 5.56 Å². The van der Waals surface area contributed by atoms with Gasteiger partial charge in [0.15, 0.2) is 0 Å². The van der Waals surface area contributed by atoms with Gasteiger partial charge in [-0.2, -0.15) is 0 Å². The number of nitrogen functional groups attached to an aromatic ring is 1. The molecule has 4 nitrogen and oxygen atoms in total. The van der Waals surface area contributed by atoms with Gasteiger partial charge in [-0.3, -0.25) is 9.36 Å². The number of nitrogens with two attached hydrogens (primary N) is 1.